The second kappa shape index (κ2) is 5.27. The molecule has 0 radical (unpaired) electrons. The van der Waals surface area contributed by atoms with E-state index in [2.05, 4.69) is 23.2 Å². The molecule has 4 nitrogen and oxygen atoms in total. The Bertz CT molecular complexity index is 735. The zero-order chi connectivity index (χ0) is 15.1. The maximum absolute atomic E-state index is 12.3. The molecule has 2 heterocycles. The minimum atomic E-state index is -0.237. The lowest BCUT2D eigenvalue weighted by atomic mass is 9.94. The van der Waals surface area contributed by atoms with Crippen LogP contribution in [-0.4, -0.2) is 22.0 Å². The van der Waals surface area contributed by atoms with Gasteiger partial charge in [-0.25, -0.2) is 9.78 Å². The van der Waals surface area contributed by atoms with E-state index in [9.17, 15) is 4.79 Å². The van der Waals surface area contributed by atoms with Crippen LogP contribution in [0.4, 0.5) is 4.79 Å². The number of rotatable bonds is 1. The van der Waals surface area contributed by atoms with Crippen molar-refractivity contribution in [2.24, 2.45) is 0 Å². The number of fused-ring (bicyclic) bond motifs is 2. The molecule has 0 unspecified atom stereocenters. The first-order valence-corrected chi connectivity index (χ1v) is 8.09. The second-order valence-electron chi connectivity index (χ2n) is 6.44. The third kappa shape index (κ3) is 2.32. The highest BCUT2D eigenvalue weighted by Crippen LogP contribution is 2.32. The Balaban J connectivity index is 1.69. The van der Waals surface area contributed by atoms with E-state index in [1.54, 1.807) is 0 Å². The van der Waals surface area contributed by atoms with Crippen molar-refractivity contribution in [3.05, 3.63) is 35.4 Å². The molecule has 0 N–H and O–H groups in total. The molecule has 1 aromatic carbocycles. The highest BCUT2D eigenvalue weighted by Gasteiger charge is 2.32. The van der Waals surface area contributed by atoms with Crippen molar-refractivity contribution in [1.29, 1.82) is 0 Å². The number of carbonyl (C=O) groups is 1. The van der Waals surface area contributed by atoms with Gasteiger partial charge in [-0.05, 0) is 37.5 Å². The summed E-state index contributed by atoms with van der Waals surface area (Å²) in [5.74, 6) is 0.482. The van der Waals surface area contributed by atoms with Crippen LogP contribution in [0.1, 0.15) is 43.2 Å². The van der Waals surface area contributed by atoms with Crippen LogP contribution in [0.25, 0.3) is 10.9 Å². The highest BCUT2D eigenvalue weighted by molar-refractivity contribution is 5.82. The summed E-state index contributed by atoms with van der Waals surface area (Å²) in [7, 11) is 0. The lowest BCUT2D eigenvalue weighted by Crippen LogP contribution is -2.45. The zero-order valence-corrected chi connectivity index (χ0v) is 12.8. The average molecular weight is 296 g/mol. The van der Waals surface area contributed by atoms with Crippen molar-refractivity contribution in [1.82, 2.24) is 9.88 Å². The van der Waals surface area contributed by atoms with E-state index < -0.39 is 0 Å². The van der Waals surface area contributed by atoms with Gasteiger partial charge in [-0.2, -0.15) is 0 Å². The number of ether oxygens (including phenoxy) is 1. The van der Waals surface area contributed by atoms with Gasteiger partial charge < -0.3 is 9.64 Å². The van der Waals surface area contributed by atoms with Gasteiger partial charge in [-0.15, -0.1) is 0 Å². The third-order valence-electron chi connectivity index (χ3n) is 4.79. The molecule has 1 aliphatic carbocycles. The van der Waals surface area contributed by atoms with E-state index in [0.29, 0.717) is 18.5 Å². The molecule has 1 amide bonds. The summed E-state index contributed by atoms with van der Waals surface area (Å²) < 4.78 is 5.52. The SMILES string of the molecule is Cc1ccc2cc3c(nc2c1)OC(=O)N(C1CCCCC1)C3. The van der Waals surface area contributed by atoms with Crippen molar-refractivity contribution in [3.8, 4) is 5.88 Å². The van der Waals surface area contributed by atoms with Gasteiger partial charge in [-0.1, -0.05) is 31.4 Å². The first-order valence-electron chi connectivity index (χ1n) is 8.09. The van der Waals surface area contributed by atoms with E-state index in [4.69, 9.17) is 4.74 Å². The lowest BCUT2D eigenvalue weighted by Gasteiger charge is -2.36. The van der Waals surface area contributed by atoms with E-state index in [-0.39, 0.29) is 6.09 Å². The molecular weight excluding hydrogens is 276 g/mol. The summed E-state index contributed by atoms with van der Waals surface area (Å²) in [5.41, 5.74) is 3.06. The van der Waals surface area contributed by atoms with Gasteiger partial charge in [0, 0.05) is 17.0 Å². The number of amides is 1. The number of hydrogen-bond donors (Lipinski definition) is 0. The van der Waals surface area contributed by atoms with Crippen LogP contribution in [0.2, 0.25) is 0 Å². The zero-order valence-electron chi connectivity index (χ0n) is 12.8. The van der Waals surface area contributed by atoms with E-state index >= 15 is 0 Å². The maximum Gasteiger partial charge on any atom is 0.417 e. The smallest absolute Gasteiger partial charge is 0.391 e. The first-order chi connectivity index (χ1) is 10.7. The number of aromatic nitrogens is 1. The minimum absolute atomic E-state index is 0.237. The summed E-state index contributed by atoms with van der Waals surface area (Å²) in [6.45, 7) is 2.66. The van der Waals surface area contributed by atoms with Crippen LogP contribution in [0.5, 0.6) is 5.88 Å². The van der Waals surface area contributed by atoms with Crippen LogP contribution in [-0.2, 0) is 6.54 Å². The Labute approximate surface area is 130 Å². The van der Waals surface area contributed by atoms with Crippen LogP contribution in [0.3, 0.4) is 0 Å². The van der Waals surface area contributed by atoms with Crippen molar-refractivity contribution >= 4 is 17.0 Å². The molecule has 1 aromatic heterocycles. The van der Waals surface area contributed by atoms with E-state index in [1.165, 1.54) is 19.3 Å². The van der Waals surface area contributed by atoms with Gasteiger partial charge in [0.25, 0.3) is 0 Å². The van der Waals surface area contributed by atoms with Gasteiger partial charge in [0.2, 0.25) is 5.88 Å². The molecule has 1 fully saturated rings. The quantitative estimate of drug-likeness (QED) is 0.792. The summed E-state index contributed by atoms with van der Waals surface area (Å²) in [6, 6.07) is 8.63. The van der Waals surface area contributed by atoms with Gasteiger partial charge in [0.05, 0.1) is 12.1 Å². The van der Waals surface area contributed by atoms with Gasteiger partial charge in [0.15, 0.2) is 0 Å². The van der Waals surface area contributed by atoms with Crippen LogP contribution in [0.15, 0.2) is 24.3 Å². The summed E-state index contributed by atoms with van der Waals surface area (Å²) in [5, 5.41) is 1.10. The van der Waals surface area contributed by atoms with E-state index in [1.807, 2.05) is 17.9 Å². The second-order valence-corrected chi connectivity index (χ2v) is 6.44. The number of hydrogen-bond acceptors (Lipinski definition) is 3. The summed E-state index contributed by atoms with van der Waals surface area (Å²) in [6.07, 6.45) is 5.63. The predicted octanol–water partition coefficient (Wildman–Crippen LogP) is 4.19. The number of aryl methyl sites for hydroxylation is 1. The van der Waals surface area contributed by atoms with Crippen molar-refractivity contribution in [2.45, 2.75) is 51.6 Å². The van der Waals surface area contributed by atoms with Crippen LogP contribution < -0.4 is 4.74 Å². The number of benzene rings is 1. The van der Waals surface area contributed by atoms with Crippen molar-refractivity contribution in [2.75, 3.05) is 0 Å². The number of nitrogens with zero attached hydrogens (tertiary/aromatic N) is 2. The summed E-state index contributed by atoms with van der Waals surface area (Å²) >= 11 is 0. The molecular formula is C18H20N2O2. The Morgan fingerprint density at radius 2 is 2.00 bits per heavy atom. The van der Waals surface area contributed by atoms with Crippen LogP contribution >= 0.6 is 0 Å². The average Bonchev–Trinajstić information content (AvgIpc) is 2.53. The highest BCUT2D eigenvalue weighted by atomic mass is 16.6. The van der Waals surface area contributed by atoms with Crippen molar-refractivity contribution in [3.63, 3.8) is 0 Å². The fourth-order valence-electron chi connectivity index (χ4n) is 3.57. The molecule has 0 saturated heterocycles. The van der Waals surface area contributed by atoms with Gasteiger partial charge >= 0.3 is 6.09 Å². The molecule has 0 spiro atoms. The molecule has 22 heavy (non-hydrogen) atoms. The van der Waals surface area contributed by atoms with Crippen LogP contribution in [0, 0.1) is 6.92 Å². The lowest BCUT2D eigenvalue weighted by molar-refractivity contribution is 0.0999. The molecule has 1 aliphatic heterocycles. The first kappa shape index (κ1) is 13.6. The van der Waals surface area contributed by atoms with Gasteiger partial charge in [0.1, 0.15) is 0 Å². The molecule has 4 heteroatoms. The van der Waals surface area contributed by atoms with Gasteiger partial charge in [-0.3, -0.25) is 0 Å². The van der Waals surface area contributed by atoms with Crippen molar-refractivity contribution < 1.29 is 9.53 Å². The largest absolute Gasteiger partial charge is 0.417 e. The Morgan fingerprint density at radius 3 is 2.82 bits per heavy atom. The molecule has 0 atom stereocenters. The fourth-order valence-corrected chi connectivity index (χ4v) is 3.57. The Morgan fingerprint density at radius 1 is 1.18 bits per heavy atom. The molecule has 4 rings (SSSR count). The normalized spacial score (nSPS) is 19.1. The van der Waals surface area contributed by atoms with E-state index in [0.717, 1.165) is 34.9 Å². The number of pyridine rings is 1. The molecule has 0 bridgehead atoms. The Hall–Kier alpha value is -2.10. The standard InChI is InChI=1S/C18H20N2O2/c1-12-7-8-13-10-14-11-20(15-5-3-2-4-6-15)18(21)22-17(14)19-16(13)9-12/h7-10,15H,2-6,11H2,1H3. The number of carbonyl (C=O) groups excluding carboxylic acids is 1. The molecule has 2 aliphatic rings. The topological polar surface area (TPSA) is 42.4 Å². The Kier molecular flexibility index (Phi) is 3.25. The monoisotopic (exact) mass is 296 g/mol. The third-order valence-corrected chi connectivity index (χ3v) is 4.79. The molecule has 2 aromatic rings. The molecule has 114 valence electrons. The predicted molar refractivity (Wildman–Crippen MR) is 84.9 cm³/mol. The summed E-state index contributed by atoms with van der Waals surface area (Å²) in [4.78, 5) is 18.8. The fraction of sp³-hybridized carbons (Fsp3) is 0.444. The minimum Gasteiger partial charge on any atom is -0.391 e. The molecule has 1 saturated carbocycles. The maximum atomic E-state index is 12.3.